The summed E-state index contributed by atoms with van der Waals surface area (Å²) in [6, 6.07) is 0. The molecular weight excluding hydrogens is 246 g/mol. The van der Waals surface area contributed by atoms with Crippen LogP contribution in [-0.4, -0.2) is 29.2 Å². The third kappa shape index (κ3) is 2.05. The maximum absolute atomic E-state index is 11.9. The second-order valence-electron chi connectivity index (χ2n) is 4.13. The Bertz CT molecular complexity index is 421. The second kappa shape index (κ2) is 4.46. The smallest absolute Gasteiger partial charge is 0.254 e. The van der Waals surface area contributed by atoms with Crippen LogP contribution in [0.15, 0.2) is 11.1 Å². The summed E-state index contributed by atoms with van der Waals surface area (Å²) in [6.07, 6.45) is 2.58. The van der Waals surface area contributed by atoms with Gasteiger partial charge in [-0.25, -0.2) is 5.84 Å². The number of fused-ring (bicyclic) bond motifs is 1. The molecule has 1 aliphatic carbocycles. The average Bonchev–Trinajstić information content (AvgIpc) is 2.54. The first-order valence-electron chi connectivity index (χ1n) is 5.23. The molecule has 1 aliphatic heterocycles. The highest BCUT2D eigenvalue weighted by molar-refractivity contribution is 6.30. The normalized spacial score (nSPS) is 27.9. The van der Waals surface area contributed by atoms with Gasteiger partial charge < -0.3 is 0 Å². The third-order valence-electron chi connectivity index (χ3n) is 3.12. The van der Waals surface area contributed by atoms with E-state index in [0.29, 0.717) is 17.9 Å². The van der Waals surface area contributed by atoms with Gasteiger partial charge in [-0.05, 0) is 12.8 Å². The molecule has 0 radical (unpaired) electrons. The van der Waals surface area contributed by atoms with Gasteiger partial charge in [-0.15, -0.1) is 0 Å². The summed E-state index contributed by atoms with van der Waals surface area (Å²) < 4.78 is 0. The molecule has 3 N–H and O–H groups in total. The highest BCUT2D eigenvalue weighted by Gasteiger charge is 2.48. The zero-order chi connectivity index (χ0) is 12.6. The highest BCUT2D eigenvalue weighted by atomic mass is 35.5. The molecule has 0 aromatic heterocycles. The molecule has 2 unspecified atom stereocenters. The lowest BCUT2D eigenvalue weighted by molar-refractivity contribution is -0.143. The summed E-state index contributed by atoms with van der Waals surface area (Å²) >= 11 is 5.86. The Balaban J connectivity index is 2.16. The van der Waals surface area contributed by atoms with Crippen molar-refractivity contribution >= 4 is 29.3 Å². The van der Waals surface area contributed by atoms with Gasteiger partial charge >= 0.3 is 0 Å². The maximum atomic E-state index is 11.9. The molecule has 0 bridgehead atoms. The molecule has 0 saturated carbocycles. The molecule has 2 atom stereocenters. The SMILES string of the molecule is NNC(=O)CN1C(=O)C2CC=C(Cl)CC2C1=O. The monoisotopic (exact) mass is 257 g/mol. The van der Waals surface area contributed by atoms with E-state index in [1.807, 2.05) is 5.43 Å². The predicted molar refractivity (Wildman–Crippen MR) is 59.2 cm³/mol. The molecule has 1 fully saturated rings. The van der Waals surface area contributed by atoms with E-state index in [-0.39, 0.29) is 24.3 Å². The number of carbonyl (C=O) groups excluding carboxylic acids is 3. The van der Waals surface area contributed by atoms with E-state index in [1.54, 1.807) is 6.08 Å². The Morgan fingerprint density at radius 2 is 2.12 bits per heavy atom. The van der Waals surface area contributed by atoms with E-state index in [4.69, 9.17) is 17.4 Å². The summed E-state index contributed by atoms with van der Waals surface area (Å²) in [5.74, 6) is 2.91. The number of amides is 3. The van der Waals surface area contributed by atoms with E-state index in [2.05, 4.69) is 0 Å². The molecule has 7 heteroatoms. The molecule has 92 valence electrons. The van der Waals surface area contributed by atoms with E-state index >= 15 is 0 Å². The first kappa shape index (κ1) is 12.1. The summed E-state index contributed by atoms with van der Waals surface area (Å²) in [4.78, 5) is 35.9. The van der Waals surface area contributed by atoms with Gasteiger partial charge in [-0.2, -0.15) is 0 Å². The van der Waals surface area contributed by atoms with E-state index in [1.165, 1.54) is 0 Å². The fourth-order valence-corrected chi connectivity index (χ4v) is 2.50. The molecule has 0 aromatic carbocycles. The summed E-state index contributed by atoms with van der Waals surface area (Å²) in [6.45, 7) is -0.321. The standard InChI is InChI=1S/C10H12ClN3O3/c11-5-1-2-6-7(3-5)10(17)14(9(6)16)4-8(15)13-12/h1,6-7H,2-4,12H2,(H,13,15). The number of likely N-dealkylation sites (tertiary alicyclic amines) is 1. The van der Waals surface area contributed by atoms with Crippen LogP contribution in [0.1, 0.15) is 12.8 Å². The van der Waals surface area contributed by atoms with Crippen LogP contribution in [-0.2, 0) is 14.4 Å². The number of rotatable bonds is 2. The van der Waals surface area contributed by atoms with Crippen molar-refractivity contribution in [2.24, 2.45) is 17.7 Å². The van der Waals surface area contributed by atoms with Crippen molar-refractivity contribution in [3.8, 4) is 0 Å². The van der Waals surface area contributed by atoms with Crippen LogP contribution in [0, 0.1) is 11.8 Å². The van der Waals surface area contributed by atoms with Crippen LogP contribution in [0.2, 0.25) is 0 Å². The summed E-state index contributed by atoms with van der Waals surface area (Å²) in [7, 11) is 0. The second-order valence-corrected chi connectivity index (χ2v) is 4.62. The summed E-state index contributed by atoms with van der Waals surface area (Å²) in [5.41, 5.74) is 1.90. The number of carbonyl (C=O) groups is 3. The quantitative estimate of drug-likeness (QED) is 0.302. The number of nitrogens with one attached hydrogen (secondary N) is 1. The largest absolute Gasteiger partial charge is 0.293 e. The minimum absolute atomic E-state index is 0.316. The molecule has 3 amide bonds. The number of hydrogen-bond donors (Lipinski definition) is 2. The molecular formula is C10H12ClN3O3. The lowest BCUT2D eigenvalue weighted by Gasteiger charge is -2.17. The van der Waals surface area contributed by atoms with Crippen LogP contribution >= 0.6 is 11.6 Å². The zero-order valence-corrected chi connectivity index (χ0v) is 9.74. The Morgan fingerprint density at radius 3 is 2.76 bits per heavy atom. The van der Waals surface area contributed by atoms with Gasteiger partial charge in [0.2, 0.25) is 11.8 Å². The number of nitrogens with two attached hydrogens (primary N) is 1. The lowest BCUT2D eigenvalue weighted by atomic mass is 9.85. The molecule has 0 spiro atoms. The number of halogens is 1. The number of nitrogens with zero attached hydrogens (tertiary/aromatic N) is 1. The van der Waals surface area contributed by atoms with Gasteiger partial charge in [0.05, 0.1) is 11.8 Å². The summed E-state index contributed by atoms with van der Waals surface area (Å²) in [5, 5.41) is 0.595. The van der Waals surface area contributed by atoms with Gasteiger partial charge in [0.25, 0.3) is 5.91 Å². The highest BCUT2D eigenvalue weighted by Crippen LogP contribution is 2.38. The van der Waals surface area contributed by atoms with Crippen molar-refractivity contribution in [2.75, 3.05) is 6.54 Å². The molecule has 2 rings (SSSR count). The average molecular weight is 258 g/mol. The fraction of sp³-hybridized carbons (Fsp3) is 0.500. The first-order chi connectivity index (χ1) is 8.04. The van der Waals surface area contributed by atoms with Gasteiger partial charge in [-0.1, -0.05) is 17.7 Å². The Hall–Kier alpha value is -1.40. The van der Waals surface area contributed by atoms with Crippen molar-refractivity contribution in [1.29, 1.82) is 0 Å². The topological polar surface area (TPSA) is 92.5 Å². The fourth-order valence-electron chi connectivity index (χ4n) is 2.24. The Morgan fingerprint density at radius 1 is 1.47 bits per heavy atom. The maximum Gasteiger partial charge on any atom is 0.254 e. The number of imide groups is 1. The van der Waals surface area contributed by atoms with Gasteiger partial charge in [0.15, 0.2) is 0 Å². The van der Waals surface area contributed by atoms with Gasteiger partial charge in [-0.3, -0.25) is 24.7 Å². The van der Waals surface area contributed by atoms with Gasteiger partial charge in [0, 0.05) is 5.03 Å². The van der Waals surface area contributed by atoms with Crippen molar-refractivity contribution in [2.45, 2.75) is 12.8 Å². The Kier molecular flexibility index (Phi) is 3.17. The molecule has 1 heterocycles. The first-order valence-corrected chi connectivity index (χ1v) is 5.61. The van der Waals surface area contributed by atoms with Crippen molar-refractivity contribution < 1.29 is 14.4 Å². The lowest BCUT2D eigenvalue weighted by Crippen LogP contribution is -2.43. The third-order valence-corrected chi connectivity index (χ3v) is 3.43. The van der Waals surface area contributed by atoms with Crippen LogP contribution in [0.3, 0.4) is 0 Å². The zero-order valence-electron chi connectivity index (χ0n) is 8.98. The molecule has 6 nitrogen and oxygen atoms in total. The minimum Gasteiger partial charge on any atom is -0.293 e. The van der Waals surface area contributed by atoms with Crippen LogP contribution in [0.4, 0.5) is 0 Å². The van der Waals surface area contributed by atoms with E-state index in [9.17, 15) is 14.4 Å². The number of hydrogen-bond acceptors (Lipinski definition) is 4. The predicted octanol–water partition coefficient (Wildman–Crippen LogP) is -0.506. The van der Waals surface area contributed by atoms with Crippen molar-refractivity contribution in [3.63, 3.8) is 0 Å². The van der Waals surface area contributed by atoms with Crippen LogP contribution in [0.25, 0.3) is 0 Å². The van der Waals surface area contributed by atoms with E-state index in [0.717, 1.165) is 4.90 Å². The number of hydrazine groups is 1. The molecule has 1 saturated heterocycles. The van der Waals surface area contributed by atoms with Crippen molar-refractivity contribution in [1.82, 2.24) is 10.3 Å². The molecule has 0 aromatic rings. The van der Waals surface area contributed by atoms with Crippen LogP contribution < -0.4 is 11.3 Å². The minimum atomic E-state index is -0.565. The molecule has 17 heavy (non-hydrogen) atoms. The van der Waals surface area contributed by atoms with Crippen molar-refractivity contribution in [3.05, 3.63) is 11.1 Å². The number of allylic oxidation sites excluding steroid dienone is 2. The molecule has 2 aliphatic rings. The van der Waals surface area contributed by atoms with Gasteiger partial charge in [0.1, 0.15) is 6.54 Å². The Labute approximate surface area is 103 Å². The van der Waals surface area contributed by atoms with E-state index < -0.39 is 11.8 Å². The van der Waals surface area contributed by atoms with Crippen LogP contribution in [0.5, 0.6) is 0 Å².